The van der Waals surface area contributed by atoms with E-state index >= 15 is 0 Å². The number of nitrogens with zero attached hydrogens (tertiary/aromatic N) is 8. The zero-order chi connectivity index (χ0) is 110. The number of phenols is 3. The van der Waals surface area contributed by atoms with Gasteiger partial charge in [-0.15, -0.1) is 0 Å². The third-order valence-corrected chi connectivity index (χ3v) is 21.1. The van der Waals surface area contributed by atoms with E-state index in [0.29, 0.717) is 18.5 Å². The maximum absolute atomic E-state index is 13.9. The van der Waals surface area contributed by atoms with E-state index in [2.05, 4.69) is 42.1 Å². The van der Waals surface area contributed by atoms with Crippen molar-refractivity contribution in [3.8, 4) is 17.2 Å². The molecule has 0 unspecified atom stereocenters. The van der Waals surface area contributed by atoms with E-state index in [4.69, 9.17) is 108 Å². The Balaban J connectivity index is 0.000000508. The molecule has 16 amide bonds. The van der Waals surface area contributed by atoms with Gasteiger partial charge < -0.3 is 109 Å². The number of carbonyl (C=O) groups is 22. The number of nitrogens with two attached hydrogens (primary N) is 2. The fourth-order valence-corrected chi connectivity index (χ4v) is 13.7. The number of amides is 16. The van der Waals surface area contributed by atoms with E-state index in [9.17, 15) is 131 Å². The Labute approximate surface area is 861 Å². The number of rotatable bonds is 33. The summed E-state index contributed by atoms with van der Waals surface area (Å²) in [5.41, 5.74) is 14.6. The number of hydrogen-bond acceptors (Lipinski definition) is 30. The van der Waals surface area contributed by atoms with Crippen LogP contribution < -0.4 is 83.6 Å². The van der Waals surface area contributed by atoms with Crippen molar-refractivity contribution < 1.29 is 146 Å². The van der Waals surface area contributed by atoms with Crippen LogP contribution in [0.3, 0.4) is 0 Å². The van der Waals surface area contributed by atoms with Crippen molar-refractivity contribution >= 4 is 257 Å². The molecule has 0 aromatic heterocycles. The Morgan fingerprint density at radius 1 is 0.393 bits per heavy atom. The standard InChI is InChI=1S/C27H29Cl2N7O7.C26H27Cl2N7O8.C24H22Cl2N4O9.C4H8O.C3H5ClO.2C3H6O2/c1-3-23(39)35-12-19(33-25(41)15-9-17(28)24(40)18(29)10-15)26(42)36(21-7-5-4-6-20(21)35)13-22(38)32-16(8-14(2)37)11-31-34-27(30)43;1-13(37)6-15(9-30-33-26(29)43)31-21(38)11-35-20-5-3-2-4-19(20)34(22(39)12-36)10-18(25(35)42)32-24(41)14-7-16(27)23(40)17(28)8-14;25-14-5-12(6-15(26)22(14)37)23(38)28-16-8-29(20(34)11-32)17-3-1-2-4-18(17)30(24(16)39)9-19(33)27-13(10-31)7-21(35)36;1-3-4(2)5;1-2-3(4)5;1-3(5)2-4;1-2-3(4)5/h4-7,9-11,16,19,40H,3,8,12-13H2,1-2H3,(H,32,38)(H,33,41)(H3,30,34,43);2-5,7-9,15,18,36,40H,6,10-12H2,1H3,(H,31,38)(H,32,41)(H3,29,33,43);1-6,10,13,16,32,37H,7-9,11H2,(H,27,33)(H,28,38)(H,35,36);3H2,1-2H3;2H2,1H3;4H,2H2,1H3;2H2,1H3,(H,4,5)/b31-11+;30-9+;;;;;/t16-,19-;15-,18-;13-,16-;;;;/m000..../s1. The summed E-state index contributed by atoms with van der Waals surface area (Å²) in [6.45, 7) is 7.09. The number of halogens is 7. The Kier molecular flexibility index (Phi) is 53.0. The first-order chi connectivity index (χ1) is 68.2. The van der Waals surface area contributed by atoms with Gasteiger partial charge in [0.15, 0.2) is 23.0 Å². The van der Waals surface area contributed by atoms with Crippen molar-refractivity contribution in [2.45, 2.75) is 137 Å². The van der Waals surface area contributed by atoms with Gasteiger partial charge in [-0.05, 0) is 112 Å². The van der Waals surface area contributed by atoms with Gasteiger partial charge in [-0.1, -0.05) is 134 Å². The number of phenolic OH excluding ortho intramolecular Hbond substituents is 3. The molecule has 6 atom stereocenters. The number of urea groups is 2. The third-order valence-electron chi connectivity index (χ3n) is 19.1. The van der Waals surface area contributed by atoms with Gasteiger partial charge in [-0.25, -0.2) is 20.4 Å². The molecule has 145 heavy (non-hydrogen) atoms. The number of fused-ring (bicyclic) bond motifs is 3. The molecule has 3 aliphatic heterocycles. The van der Waals surface area contributed by atoms with Crippen LogP contribution in [-0.4, -0.2) is 278 Å². The van der Waals surface area contributed by atoms with Gasteiger partial charge in [0, 0.05) is 67.6 Å². The minimum atomic E-state index is -1.46. The summed E-state index contributed by atoms with van der Waals surface area (Å²) in [5, 5.41) is 93.5. The summed E-state index contributed by atoms with van der Waals surface area (Å²) in [6, 6.07) is 15.8. The topological polar surface area (TPSA) is 730 Å². The number of hydrazone groups is 2. The molecule has 3 aliphatic rings. The number of carboxylic acid groups (broad SMARTS) is 2. The summed E-state index contributed by atoms with van der Waals surface area (Å²) in [6.07, 6.45) is 2.78. The molecule has 48 nitrogen and oxygen atoms in total. The maximum Gasteiger partial charge on any atom is 0.332 e. The lowest BCUT2D eigenvalue weighted by Crippen LogP contribution is -2.55. The molecule has 9 rings (SSSR count). The van der Waals surface area contributed by atoms with Gasteiger partial charge in [0.05, 0.1) is 108 Å². The molecule has 782 valence electrons. The average molecular weight is 2170 g/mol. The highest BCUT2D eigenvalue weighted by molar-refractivity contribution is 6.63. The van der Waals surface area contributed by atoms with Crippen LogP contribution in [0.15, 0.2) is 119 Å². The number of benzene rings is 6. The first-order valence-corrected chi connectivity index (χ1v) is 45.3. The van der Waals surface area contributed by atoms with E-state index in [-0.39, 0.29) is 155 Å². The molecule has 0 saturated heterocycles. The van der Waals surface area contributed by atoms with E-state index in [0.717, 1.165) is 73.3 Å². The van der Waals surface area contributed by atoms with Crippen molar-refractivity contribution in [2.24, 2.45) is 21.7 Å². The van der Waals surface area contributed by atoms with E-state index in [1.165, 1.54) is 56.0 Å². The number of nitrogens with one attached hydrogen (secondary N) is 8. The van der Waals surface area contributed by atoms with Crippen molar-refractivity contribution in [1.82, 2.24) is 42.8 Å². The minimum Gasteiger partial charge on any atom is -0.505 e. The molecule has 0 radical (unpaired) electrons. The predicted molar refractivity (Wildman–Crippen MR) is 531 cm³/mol. The molecule has 6 aromatic rings. The van der Waals surface area contributed by atoms with Gasteiger partial charge in [-0.3, -0.25) is 101 Å². The molecular weight excluding hydrogens is 2060 g/mol. The predicted octanol–water partition coefficient (Wildman–Crippen LogP) is 4.52. The number of carbonyl (C=O) groups excluding carboxylic acids is 20. The summed E-state index contributed by atoms with van der Waals surface area (Å²) >= 11 is 40.4. The number of para-hydroxylation sites is 6. The van der Waals surface area contributed by atoms with Crippen LogP contribution in [-0.2, 0) is 81.5 Å². The van der Waals surface area contributed by atoms with Crippen LogP contribution in [0.5, 0.6) is 17.2 Å². The van der Waals surface area contributed by atoms with Crippen LogP contribution >= 0.6 is 81.2 Å². The molecule has 0 fully saturated rings. The normalized spacial score (nSPS) is 14.3. The molecular formula is C90H103Cl7N18O30. The minimum absolute atomic E-state index is 0.0593. The Morgan fingerprint density at radius 3 is 0.855 bits per heavy atom. The Morgan fingerprint density at radius 2 is 0.648 bits per heavy atom. The molecule has 0 aliphatic carbocycles. The largest absolute Gasteiger partial charge is 0.505 e. The number of aliphatic carboxylic acids is 2. The van der Waals surface area contributed by atoms with Crippen molar-refractivity contribution in [1.29, 1.82) is 0 Å². The second-order valence-corrected chi connectivity index (χ2v) is 33.2. The Bertz CT molecular complexity index is 5540. The van der Waals surface area contributed by atoms with Crippen LogP contribution in [0.4, 0.5) is 43.7 Å². The van der Waals surface area contributed by atoms with Crippen LogP contribution in [0.1, 0.15) is 131 Å². The molecule has 3 heterocycles. The van der Waals surface area contributed by atoms with Crippen LogP contribution in [0.2, 0.25) is 30.1 Å². The second kappa shape index (κ2) is 61.8. The number of anilines is 6. The van der Waals surface area contributed by atoms with Gasteiger partial charge in [0.25, 0.3) is 47.3 Å². The quantitative estimate of drug-likeness (QED) is 0.0117. The number of hydrogen-bond donors (Lipinski definition) is 18. The van der Waals surface area contributed by atoms with Crippen LogP contribution in [0.25, 0.3) is 0 Å². The number of aliphatic hydroxyl groups is 3. The third kappa shape index (κ3) is 40.8. The fourth-order valence-electron chi connectivity index (χ4n) is 12.2. The maximum atomic E-state index is 13.9. The first kappa shape index (κ1) is 124. The summed E-state index contributed by atoms with van der Waals surface area (Å²) in [5.74, 6) is -13.1. The molecule has 20 N–H and O–H groups in total. The molecule has 55 heteroatoms. The number of aliphatic hydroxyl groups excluding tert-OH is 3. The highest BCUT2D eigenvalue weighted by Gasteiger charge is 2.42. The van der Waals surface area contributed by atoms with E-state index < -0.39 is 195 Å². The Hall–Kier alpha value is -14.9. The van der Waals surface area contributed by atoms with Gasteiger partial charge in [0.2, 0.25) is 28.9 Å². The van der Waals surface area contributed by atoms with Crippen molar-refractivity contribution in [3.63, 3.8) is 0 Å². The number of aromatic hydroxyl groups is 3. The van der Waals surface area contributed by atoms with E-state index in [1.807, 2.05) is 17.8 Å². The van der Waals surface area contributed by atoms with Gasteiger partial charge in [-0.2, -0.15) is 10.2 Å². The smallest absolute Gasteiger partial charge is 0.332 e. The average Bonchev–Trinajstić information content (AvgIpc) is 1.65. The fraction of sp³-hybridized carbons (Fsp3) is 0.333. The summed E-state index contributed by atoms with van der Waals surface area (Å²) in [7, 11) is 0. The number of aldehydes is 1. The van der Waals surface area contributed by atoms with E-state index in [1.54, 1.807) is 70.2 Å². The highest BCUT2D eigenvalue weighted by Crippen LogP contribution is 2.40. The number of Topliss-reactive ketones (excluding diaryl/α,β-unsaturated/α-hetero) is 4. The van der Waals surface area contributed by atoms with Crippen molar-refractivity contribution in [2.75, 3.05) is 88.5 Å². The van der Waals surface area contributed by atoms with Crippen LogP contribution in [0, 0.1) is 0 Å². The van der Waals surface area contributed by atoms with Crippen molar-refractivity contribution in [3.05, 3.63) is 156 Å². The first-order valence-electron chi connectivity index (χ1n) is 42.7. The lowest BCUT2D eigenvalue weighted by atomic mass is 10.1. The highest BCUT2D eigenvalue weighted by atomic mass is 35.5. The summed E-state index contributed by atoms with van der Waals surface area (Å²) in [4.78, 5) is 271. The zero-order valence-electron chi connectivity index (χ0n) is 78.3. The van der Waals surface area contributed by atoms with Gasteiger partial charge >= 0.3 is 24.0 Å². The molecule has 0 spiro atoms. The summed E-state index contributed by atoms with van der Waals surface area (Å²) < 4.78 is 0. The molecule has 0 bridgehead atoms. The monoisotopic (exact) mass is 2160 g/mol. The SMILES string of the molecule is CC(=O)CO.CC(=O)C[C@@H](/C=N/NC(N)=O)NC(=O)CN1C(=O)[C@@H](NC(=O)c2cc(Cl)c(O)c(Cl)c2)CN(C(=O)CO)c2ccccc21.CCC(=O)Cl.CCC(=O)N1C[C@H](NC(=O)c2cc(Cl)c(O)c(Cl)c2)C(=O)N(CC(=O)N[C@H](/C=N/NC(N)=O)CC(C)=O)c2ccccc21.CCC(=O)O.CCC(C)=O.O=C[C@H](CC(=O)O)NC(=O)CN1C(=O)[C@@H](NC(=O)c2cc(Cl)c(O)c(Cl)c2)CN(C(=O)CO)c2ccccc21. The lowest BCUT2D eigenvalue weighted by molar-refractivity contribution is -0.139. The molecule has 0 saturated carbocycles. The number of carboxylic acids is 2. The second-order valence-electron chi connectivity index (χ2n) is 30.3. The lowest BCUT2D eigenvalue weighted by Gasteiger charge is -2.25. The number of ketones is 4. The number of primary amides is 2. The van der Waals surface area contributed by atoms with Gasteiger partial charge in [0.1, 0.15) is 81.2 Å². The zero-order valence-corrected chi connectivity index (χ0v) is 83.6. The molecule has 6 aromatic carbocycles.